The summed E-state index contributed by atoms with van der Waals surface area (Å²) < 4.78 is 42.1. The van der Waals surface area contributed by atoms with Gasteiger partial charge in [0, 0.05) is 12.5 Å². The largest absolute Gasteiger partial charge is 0.480 e. The minimum absolute atomic E-state index is 0.0744. The SMILES string of the molecule is CC(Cc1ccc(C(F)(F)F)cc1)C(=O)NCCOCC(=O)O. The van der Waals surface area contributed by atoms with Crippen molar-refractivity contribution < 1.29 is 32.6 Å². The summed E-state index contributed by atoms with van der Waals surface area (Å²) in [5.41, 5.74) is -0.100. The molecule has 1 amide bonds. The summed E-state index contributed by atoms with van der Waals surface area (Å²) in [4.78, 5) is 22.0. The molecular formula is C15H18F3NO4. The van der Waals surface area contributed by atoms with Gasteiger partial charge < -0.3 is 15.2 Å². The number of hydrogen-bond acceptors (Lipinski definition) is 3. The lowest BCUT2D eigenvalue weighted by molar-refractivity contribution is -0.142. The molecule has 1 aromatic carbocycles. The molecule has 1 unspecified atom stereocenters. The predicted molar refractivity (Wildman–Crippen MR) is 75.8 cm³/mol. The van der Waals surface area contributed by atoms with Gasteiger partial charge in [-0.05, 0) is 24.1 Å². The van der Waals surface area contributed by atoms with Gasteiger partial charge in [-0.15, -0.1) is 0 Å². The van der Waals surface area contributed by atoms with Crippen molar-refractivity contribution >= 4 is 11.9 Å². The number of carboxylic acids is 1. The van der Waals surface area contributed by atoms with Crippen molar-refractivity contribution in [3.05, 3.63) is 35.4 Å². The Hall–Kier alpha value is -2.09. The molecule has 0 heterocycles. The maximum Gasteiger partial charge on any atom is 0.416 e. The van der Waals surface area contributed by atoms with Crippen molar-refractivity contribution in [2.24, 2.45) is 5.92 Å². The van der Waals surface area contributed by atoms with Gasteiger partial charge >= 0.3 is 12.1 Å². The summed E-state index contributed by atoms with van der Waals surface area (Å²) in [5, 5.41) is 10.9. The number of alkyl halides is 3. The van der Waals surface area contributed by atoms with Gasteiger partial charge in [-0.25, -0.2) is 4.79 Å². The first kappa shape index (κ1) is 19.0. The van der Waals surface area contributed by atoms with Crippen LogP contribution in [0.3, 0.4) is 0 Å². The molecular weight excluding hydrogens is 315 g/mol. The molecule has 0 radical (unpaired) electrons. The Balaban J connectivity index is 2.38. The highest BCUT2D eigenvalue weighted by atomic mass is 19.4. The summed E-state index contributed by atoms with van der Waals surface area (Å²) in [6.07, 6.45) is -4.07. The molecule has 0 spiro atoms. The Kier molecular flexibility index (Phi) is 7.02. The van der Waals surface area contributed by atoms with E-state index < -0.39 is 30.2 Å². The van der Waals surface area contributed by atoms with Crippen LogP contribution in [0, 0.1) is 5.92 Å². The molecule has 1 rings (SSSR count). The normalized spacial score (nSPS) is 12.7. The number of amides is 1. The molecule has 2 N–H and O–H groups in total. The Bertz CT molecular complexity index is 529. The van der Waals surface area contributed by atoms with Crippen LogP contribution in [-0.2, 0) is 26.9 Å². The molecule has 0 aliphatic heterocycles. The molecule has 0 aromatic heterocycles. The number of hydrogen-bond donors (Lipinski definition) is 2. The van der Waals surface area contributed by atoms with Gasteiger partial charge in [0.1, 0.15) is 6.61 Å². The first-order chi connectivity index (χ1) is 10.7. The fourth-order valence-electron chi connectivity index (χ4n) is 1.86. The van der Waals surface area contributed by atoms with E-state index in [1.807, 2.05) is 0 Å². The second-order valence-electron chi connectivity index (χ2n) is 5.04. The molecule has 0 saturated heterocycles. The number of rotatable bonds is 8. The van der Waals surface area contributed by atoms with Crippen molar-refractivity contribution in [3.8, 4) is 0 Å². The average Bonchev–Trinajstić information content (AvgIpc) is 2.46. The number of nitrogens with one attached hydrogen (secondary N) is 1. The third-order valence-electron chi connectivity index (χ3n) is 3.04. The molecule has 0 fully saturated rings. The van der Waals surface area contributed by atoms with Crippen molar-refractivity contribution in [2.75, 3.05) is 19.8 Å². The van der Waals surface area contributed by atoms with Crippen LogP contribution in [0.25, 0.3) is 0 Å². The minimum Gasteiger partial charge on any atom is -0.480 e. The number of halogens is 3. The Morgan fingerprint density at radius 3 is 2.39 bits per heavy atom. The van der Waals surface area contributed by atoms with E-state index in [1.54, 1.807) is 6.92 Å². The molecule has 0 bridgehead atoms. The van der Waals surface area contributed by atoms with E-state index in [1.165, 1.54) is 12.1 Å². The lowest BCUT2D eigenvalue weighted by atomic mass is 9.99. The van der Waals surface area contributed by atoms with Crippen LogP contribution in [0.4, 0.5) is 13.2 Å². The number of carbonyl (C=O) groups is 2. The van der Waals surface area contributed by atoms with Crippen LogP contribution in [0.1, 0.15) is 18.1 Å². The van der Waals surface area contributed by atoms with E-state index in [9.17, 15) is 22.8 Å². The van der Waals surface area contributed by atoms with Crippen LogP contribution in [0.5, 0.6) is 0 Å². The lowest BCUT2D eigenvalue weighted by Crippen LogP contribution is -2.33. The van der Waals surface area contributed by atoms with E-state index in [0.717, 1.165) is 12.1 Å². The van der Waals surface area contributed by atoms with Crippen molar-refractivity contribution in [1.29, 1.82) is 0 Å². The maximum absolute atomic E-state index is 12.4. The van der Waals surface area contributed by atoms with E-state index in [-0.39, 0.29) is 19.1 Å². The van der Waals surface area contributed by atoms with Crippen LogP contribution in [0.15, 0.2) is 24.3 Å². The Labute approximate surface area is 131 Å². The first-order valence-electron chi connectivity index (χ1n) is 6.93. The second-order valence-corrected chi connectivity index (χ2v) is 5.04. The van der Waals surface area contributed by atoms with Crippen LogP contribution >= 0.6 is 0 Å². The van der Waals surface area contributed by atoms with Gasteiger partial charge in [0.2, 0.25) is 5.91 Å². The zero-order valence-electron chi connectivity index (χ0n) is 12.5. The Morgan fingerprint density at radius 2 is 1.87 bits per heavy atom. The standard InChI is InChI=1S/C15H18F3NO4/c1-10(14(22)19-6-7-23-9-13(20)21)8-11-2-4-12(5-3-11)15(16,17)18/h2-5,10H,6-9H2,1H3,(H,19,22)(H,20,21). The van der Waals surface area contributed by atoms with Crippen LogP contribution < -0.4 is 5.32 Å². The van der Waals surface area contributed by atoms with E-state index in [4.69, 9.17) is 9.84 Å². The average molecular weight is 333 g/mol. The van der Waals surface area contributed by atoms with E-state index in [0.29, 0.717) is 12.0 Å². The first-order valence-corrected chi connectivity index (χ1v) is 6.93. The molecule has 1 atom stereocenters. The van der Waals surface area contributed by atoms with Crippen molar-refractivity contribution in [3.63, 3.8) is 0 Å². The monoisotopic (exact) mass is 333 g/mol. The predicted octanol–water partition coefficient (Wildman–Crippen LogP) is 2.10. The van der Waals surface area contributed by atoms with Crippen LogP contribution in [0.2, 0.25) is 0 Å². The lowest BCUT2D eigenvalue weighted by Gasteiger charge is -2.13. The maximum atomic E-state index is 12.4. The number of carbonyl (C=O) groups excluding carboxylic acids is 1. The topological polar surface area (TPSA) is 75.6 Å². The van der Waals surface area contributed by atoms with E-state index in [2.05, 4.69) is 5.32 Å². The molecule has 128 valence electrons. The third-order valence-corrected chi connectivity index (χ3v) is 3.04. The molecule has 1 aromatic rings. The summed E-state index contributed by atoms with van der Waals surface area (Å²) in [5.74, 6) is -1.79. The highest BCUT2D eigenvalue weighted by molar-refractivity contribution is 5.78. The van der Waals surface area contributed by atoms with Crippen LogP contribution in [-0.4, -0.2) is 36.7 Å². The minimum atomic E-state index is -4.38. The fraction of sp³-hybridized carbons (Fsp3) is 0.467. The van der Waals surface area contributed by atoms with Gasteiger partial charge in [-0.2, -0.15) is 13.2 Å². The third kappa shape index (κ3) is 7.14. The smallest absolute Gasteiger partial charge is 0.416 e. The van der Waals surface area contributed by atoms with Crippen molar-refractivity contribution in [2.45, 2.75) is 19.5 Å². The zero-order chi connectivity index (χ0) is 17.5. The van der Waals surface area contributed by atoms with Gasteiger partial charge in [-0.3, -0.25) is 4.79 Å². The van der Waals surface area contributed by atoms with Gasteiger partial charge in [0.25, 0.3) is 0 Å². The summed E-state index contributed by atoms with van der Waals surface area (Å²) in [6, 6.07) is 4.67. The summed E-state index contributed by atoms with van der Waals surface area (Å²) in [6.45, 7) is 1.47. The molecule has 23 heavy (non-hydrogen) atoms. The molecule has 0 aliphatic carbocycles. The summed E-state index contributed by atoms with van der Waals surface area (Å²) in [7, 11) is 0. The van der Waals surface area contributed by atoms with Gasteiger partial charge in [0.15, 0.2) is 0 Å². The van der Waals surface area contributed by atoms with Crippen molar-refractivity contribution in [1.82, 2.24) is 5.32 Å². The van der Waals surface area contributed by atoms with Gasteiger partial charge in [0.05, 0.1) is 12.2 Å². The highest BCUT2D eigenvalue weighted by Gasteiger charge is 2.30. The fourth-order valence-corrected chi connectivity index (χ4v) is 1.86. The van der Waals surface area contributed by atoms with Gasteiger partial charge in [-0.1, -0.05) is 19.1 Å². The molecule has 0 aliphatic rings. The zero-order valence-corrected chi connectivity index (χ0v) is 12.5. The molecule has 0 saturated carbocycles. The highest BCUT2D eigenvalue weighted by Crippen LogP contribution is 2.29. The van der Waals surface area contributed by atoms with E-state index >= 15 is 0 Å². The number of ether oxygens (including phenoxy) is 1. The summed E-state index contributed by atoms with van der Waals surface area (Å²) >= 11 is 0. The molecule has 8 heteroatoms. The second kappa shape index (κ2) is 8.52. The Morgan fingerprint density at radius 1 is 1.26 bits per heavy atom. The quantitative estimate of drug-likeness (QED) is 0.715. The number of carboxylic acid groups (broad SMARTS) is 1. The molecule has 5 nitrogen and oxygen atoms in total. The number of benzene rings is 1. The number of aliphatic carboxylic acids is 1.